The van der Waals surface area contributed by atoms with Crippen molar-refractivity contribution >= 4 is 32.5 Å². The molecule has 110 valence electrons. The van der Waals surface area contributed by atoms with Crippen molar-refractivity contribution < 1.29 is 4.74 Å². The van der Waals surface area contributed by atoms with Gasteiger partial charge < -0.3 is 9.30 Å². The van der Waals surface area contributed by atoms with E-state index in [1.54, 1.807) is 17.5 Å². The molecule has 0 fully saturated rings. The Hall–Kier alpha value is -2.40. The van der Waals surface area contributed by atoms with Gasteiger partial charge in [0, 0.05) is 22.3 Å². The molecule has 0 radical (unpaired) electrons. The summed E-state index contributed by atoms with van der Waals surface area (Å²) in [6, 6.07) is 12.5. The van der Waals surface area contributed by atoms with E-state index in [0.717, 1.165) is 17.6 Å². The van der Waals surface area contributed by atoms with Crippen molar-refractivity contribution in [3.63, 3.8) is 0 Å². The molecule has 1 aromatic carbocycles. The Bertz CT molecular complexity index is 908. The smallest absolute Gasteiger partial charge is 0.242 e. The van der Waals surface area contributed by atoms with Gasteiger partial charge in [-0.2, -0.15) is 0 Å². The summed E-state index contributed by atoms with van der Waals surface area (Å²) in [7, 11) is 0. The molecule has 3 aromatic heterocycles. The molecule has 22 heavy (non-hydrogen) atoms. The van der Waals surface area contributed by atoms with Gasteiger partial charge in [0.15, 0.2) is 5.52 Å². The standard InChI is InChI=1S/C17H15N3OS/c1-2-20-11-19-16-14(20)7-8-18-17(16)21-10-13-9-12-5-3-4-6-15(12)22-13/h3-9,11H,2,10H2,1H3. The highest BCUT2D eigenvalue weighted by atomic mass is 32.1. The minimum atomic E-state index is 0.518. The summed E-state index contributed by atoms with van der Waals surface area (Å²) in [5, 5.41) is 1.26. The van der Waals surface area contributed by atoms with Crippen molar-refractivity contribution in [1.82, 2.24) is 14.5 Å². The lowest BCUT2D eigenvalue weighted by molar-refractivity contribution is 0.301. The predicted octanol–water partition coefficient (Wildman–Crippen LogP) is 4.24. The summed E-state index contributed by atoms with van der Waals surface area (Å²) in [6.45, 7) is 3.50. The molecule has 0 unspecified atom stereocenters. The van der Waals surface area contributed by atoms with Crippen LogP contribution in [0.15, 0.2) is 48.9 Å². The van der Waals surface area contributed by atoms with Crippen LogP contribution in [0.1, 0.15) is 11.8 Å². The molecule has 0 N–H and O–H groups in total. The summed E-state index contributed by atoms with van der Waals surface area (Å²) in [5.41, 5.74) is 1.88. The number of aryl methyl sites for hydroxylation is 1. The molecule has 0 amide bonds. The molecule has 0 spiro atoms. The molecule has 4 nitrogen and oxygen atoms in total. The summed E-state index contributed by atoms with van der Waals surface area (Å²) in [6.07, 6.45) is 3.61. The number of hydrogen-bond acceptors (Lipinski definition) is 4. The third kappa shape index (κ3) is 2.23. The highest BCUT2D eigenvalue weighted by molar-refractivity contribution is 7.19. The fraction of sp³-hybridized carbons (Fsp3) is 0.176. The average Bonchev–Trinajstić information content (AvgIpc) is 3.16. The van der Waals surface area contributed by atoms with E-state index in [9.17, 15) is 0 Å². The van der Waals surface area contributed by atoms with E-state index in [4.69, 9.17) is 4.74 Å². The van der Waals surface area contributed by atoms with Gasteiger partial charge in [-0.25, -0.2) is 9.97 Å². The van der Waals surface area contributed by atoms with Crippen LogP contribution in [0.25, 0.3) is 21.1 Å². The molecular formula is C17H15N3OS. The Morgan fingerprint density at radius 1 is 1.18 bits per heavy atom. The number of imidazole rings is 1. The first-order valence-corrected chi connectivity index (χ1v) is 8.07. The lowest BCUT2D eigenvalue weighted by Gasteiger charge is -2.04. The van der Waals surface area contributed by atoms with E-state index in [0.29, 0.717) is 12.5 Å². The number of thiophene rings is 1. The number of benzene rings is 1. The molecule has 0 aliphatic carbocycles. The van der Waals surface area contributed by atoms with Crippen molar-refractivity contribution in [3.05, 3.63) is 53.8 Å². The number of fused-ring (bicyclic) bond motifs is 2. The largest absolute Gasteiger partial charge is 0.470 e. The van der Waals surface area contributed by atoms with Crippen molar-refractivity contribution in [2.24, 2.45) is 0 Å². The minimum absolute atomic E-state index is 0.518. The Labute approximate surface area is 132 Å². The number of aromatic nitrogens is 3. The van der Waals surface area contributed by atoms with Gasteiger partial charge in [0.2, 0.25) is 5.88 Å². The Morgan fingerprint density at radius 2 is 2.09 bits per heavy atom. The van der Waals surface area contributed by atoms with Crippen LogP contribution in [0.2, 0.25) is 0 Å². The fourth-order valence-electron chi connectivity index (χ4n) is 2.57. The maximum Gasteiger partial charge on any atom is 0.242 e. The van der Waals surface area contributed by atoms with E-state index < -0.39 is 0 Å². The maximum absolute atomic E-state index is 5.92. The third-order valence-corrected chi connectivity index (χ3v) is 4.76. The molecule has 4 aromatic rings. The summed E-state index contributed by atoms with van der Waals surface area (Å²) < 4.78 is 9.28. The van der Waals surface area contributed by atoms with Crippen LogP contribution in [-0.4, -0.2) is 14.5 Å². The second-order valence-corrected chi connectivity index (χ2v) is 6.22. The first-order chi connectivity index (χ1) is 10.8. The van der Waals surface area contributed by atoms with Crippen LogP contribution in [0.3, 0.4) is 0 Å². The summed E-state index contributed by atoms with van der Waals surface area (Å²) in [5.74, 6) is 0.599. The molecule has 0 saturated heterocycles. The van der Waals surface area contributed by atoms with Crippen molar-refractivity contribution in [2.45, 2.75) is 20.1 Å². The molecular weight excluding hydrogens is 294 g/mol. The minimum Gasteiger partial charge on any atom is -0.470 e. The number of pyridine rings is 1. The normalized spacial score (nSPS) is 11.3. The fourth-order valence-corrected chi connectivity index (χ4v) is 3.55. The molecule has 0 atom stereocenters. The number of rotatable bonds is 4. The highest BCUT2D eigenvalue weighted by Crippen LogP contribution is 2.27. The van der Waals surface area contributed by atoms with Crippen LogP contribution < -0.4 is 4.74 Å². The Balaban J connectivity index is 1.62. The summed E-state index contributed by atoms with van der Waals surface area (Å²) >= 11 is 1.75. The summed E-state index contributed by atoms with van der Waals surface area (Å²) in [4.78, 5) is 9.94. The second-order valence-electron chi connectivity index (χ2n) is 5.05. The molecule has 4 rings (SSSR count). The maximum atomic E-state index is 5.92. The van der Waals surface area contributed by atoms with Gasteiger partial charge in [-0.05, 0) is 30.5 Å². The van der Waals surface area contributed by atoms with E-state index in [1.165, 1.54) is 15.0 Å². The van der Waals surface area contributed by atoms with Gasteiger partial charge >= 0.3 is 0 Å². The monoisotopic (exact) mass is 309 g/mol. The number of hydrogen-bond donors (Lipinski definition) is 0. The van der Waals surface area contributed by atoms with Crippen LogP contribution in [0, 0.1) is 0 Å². The quantitative estimate of drug-likeness (QED) is 0.566. The van der Waals surface area contributed by atoms with Crippen LogP contribution in [0.5, 0.6) is 5.88 Å². The molecule has 0 saturated carbocycles. The zero-order valence-corrected chi connectivity index (χ0v) is 13.0. The molecule has 0 aliphatic rings. The molecule has 0 bridgehead atoms. The Kier molecular flexibility index (Phi) is 3.27. The van der Waals surface area contributed by atoms with Crippen molar-refractivity contribution in [2.75, 3.05) is 0 Å². The predicted molar refractivity (Wildman–Crippen MR) is 89.4 cm³/mol. The van der Waals surface area contributed by atoms with Gasteiger partial charge in [-0.15, -0.1) is 11.3 Å². The highest BCUT2D eigenvalue weighted by Gasteiger charge is 2.10. The van der Waals surface area contributed by atoms with Gasteiger partial charge in [0.1, 0.15) is 6.61 Å². The third-order valence-electron chi connectivity index (χ3n) is 3.67. The first kappa shape index (κ1) is 13.3. The molecule has 0 aliphatic heterocycles. The average molecular weight is 309 g/mol. The van der Waals surface area contributed by atoms with Crippen LogP contribution in [0.4, 0.5) is 0 Å². The van der Waals surface area contributed by atoms with Gasteiger partial charge in [0.05, 0.1) is 11.8 Å². The van der Waals surface area contributed by atoms with Gasteiger partial charge in [-0.3, -0.25) is 0 Å². The van der Waals surface area contributed by atoms with Crippen molar-refractivity contribution in [1.29, 1.82) is 0 Å². The molecule has 5 heteroatoms. The topological polar surface area (TPSA) is 39.9 Å². The second kappa shape index (κ2) is 5.42. The lowest BCUT2D eigenvalue weighted by Crippen LogP contribution is -1.97. The first-order valence-electron chi connectivity index (χ1n) is 7.25. The Morgan fingerprint density at radius 3 is 2.95 bits per heavy atom. The van der Waals surface area contributed by atoms with Crippen molar-refractivity contribution in [3.8, 4) is 5.88 Å². The lowest BCUT2D eigenvalue weighted by atomic mass is 10.2. The SMILES string of the molecule is CCn1cnc2c(OCc3cc4ccccc4s3)nccc21. The van der Waals surface area contributed by atoms with Crippen LogP contribution >= 0.6 is 11.3 Å². The van der Waals surface area contributed by atoms with E-state index in [1.807, 2.05) is 12.4 Å². The number of nitrogens with zero attached hydrogens (tertiary/aromatic N) is 3. The van der Waals surface area contributed by atoms with Crippen LogP contribution in [-0.2, 0) is 13.2 Å². The van der Waals surface area contributed by atoms with E-state index >= 15 is 0 Å². The van der Waals surface area contributed by atoms with Gasteiger partial charge in [0.25, 0.3) is 0 Å². The number of ether oxygens (including phenoxy) is 1. The van der Waals surface area contributed by atoms with Gasteiger partial charge in [-0.1, -0.05) is 18.2 Å². The zero-order chi connectivity index (χ0) is 14.9. The molecule has 3 heterocycles. The zero-order valence-electron chi connectivity index (χ0n) is 12.2. The van der Waals surface area contributed by atoms with E-state index in [-0.39, 0.29) is 0 Å². The van der Waals surface area contributed by atoms with E-state index in [2.05, 4.69) is 51.8 Å².